The molecule has 0 saturated carbocycles. The number of carbonyl (C=O) groups is 1. The number of nitrogens with zero attached hydrogens (tertiary/aromatic N) is 1. The van der Waals surface area contributed by atoms with E-state index in [-0.39, 0.29) is 6.42 Å². The van der Waals surface area contributed by atoms with Crippen molar-refractivity contribution in [3.05, 3.63) is 77.4 Å². The largest absolute Gasteiger partial charge is 0.493 e. The normalized spacial score (nSPS) is 10.7. The zero-order chi connectivity index (χ0) is 24.5. The standard InChI is InChI=1S/C27H25NO6/c1-30-23-11-7-19(14-25(23)32-3)15-27(29)34-22-9-5-18(6-10-22)13-21(17-28)20-8-12-24(31-2)26(16-20)33-4/h5-14,16H,15H2,1-4H3/b21-13-. The van der Waals surface area contributed by atoms with Gasteiger partial charge in [-0.15, -0.1) is 0 Å². The fraction of sp³-hybridized carbons (Fsp3) is 0.185. The Morgan fingerprint density at radius 2 is 1.38 bits per heavy atom. The first-order valence-electron chi connectivity index (χ1n) is 10.4. The number of benzene rings is 3. The summed E-state index contributed by atoms with van der Waals surface area (Å²) in [4.78, 5) is 12.4. The Morgan fingerprint density at radius 3 is 1.97 bits per heavy atom. The molecule has 7 nitrogen and oxygen atoms in total. The molecule has 0 radical (unpaired) electrons. The van der Waals surface area contributed by atoms with Crippen molar-refractivity contribution in [1.82, 2.24) is 0 Å². The number of ether oxygens (including phenoxy) is 5. The van der Waals surface area contributed by atoms with Gasteiger partial charge in [-0.25, -0.2) is 0 Å². The first kappa shape index (κ1) is 24.2. The number of methoxy groups -OCH3 is 4. The summed E-state index contributed by atoms with van der Waals surface area (Å²) in [5.74, 6) is 2.27. The van der Waals surface area contributed by atoms with E-state index >= 15 is 0 Å². The van der Waals surface area contributed by atoms with Crippen LogP contribution < -0.4 is 23.7 Å². The zero-order valence-electron chi connectivity index (χ0n) is 19.5. The maximum atomic E-state index is 12.4. The van der Waals surface area contributed by atoms with Gasteiger partial charge in [0.2, 0.25) is 0 Å². The lowest BCUT2D eigenvalue weighted by atomic mass is 10.0. The molecule has 0 heterocycles. The molecule has 0 amide bonds. The van der Waals surface area contributed by atoms with Crippen LogP contribution in [0.25, 0.3) is 11.6 Å². The van der Waals surface area contributed by atoms with Crippen LogP contribution in [0.15, 0.2) is 60.7 Å². The highest BCUT2D eigenvalue weighted by molar-refractivity contribution is 5.90. The monoisotopic (exact) mass is 459 g/mol. The molecule has 0 spiro atoms. The highest BCUT2D eigenvalue weighted by atomic mass is 16.5. The van der Waals surface area contributed by atoms with Crippen molar-refractivity contribution >= 4 is 17.6 Å². The summed E-state index contributed by atoms with van der Waals surface area (Å²) in [6, 6.07) is 19.7. The van der Waals surface area contributed by atoms with Crippen molar-refractivity contribution in [2.75, 3.05) is 28.4 Å². The molecule has 7 heteroatoms. The van der Waals surface area contributed by atoms with Crippen LogP contribution in [-0.2, 0) is 11.2 Å². The minimum atomic E-state index is -0.404. The topological polar surface area (TPSA) is 87.0 Å². The maximum absolute atomic E-state index is 12.4. The van der Waals surface area contributed by atoms with Crippen LogP contribution in [0, 0.1) is 11.3 Å². The van der Waals surface area contributed by atoms with Crippen LogP contribution in [0.3, 0.4) is 0 Å². The van der Waals surface area contributed by atoms with Crippen LogP contribution in [0.2, 0.25) is 0 Å². The lowest BCUT2D eigenvalue weighted by Gasteiger charge is -2.10. The first-order chi connectivity index (χ1) is 16.5. The number of allylic oxidation sites excluding steroid dienone is 1. The van der Waals surface area contributed by atoms with E-state index < -0.39 is 5.97 Å². The van der Waals surface area contributed by atoms with Crippen LogP contribution >= 0.6 is 0 Å². The van der Waals surface area contributed by atoms with E-state index in [4.69, 9.17) is 23.7 Å². The highest BCUT2D eigenvalue weighted by Gasteiger charge is 2.11. The van der Waals surface area contributed by atoms with Crippen molar-refractivity contribution in [2.24, 2.45) is 0 Å². The SMILES string of the molecule is COc1ccc(CC(=O)Oc2ccc(/C=C(/C#N)c3ccc(OC)c(OC)c3)cc2)cc1OC. The van der Waals surface area contributed by atoms with Gasteiger partial charge in [-0.1, -0.05) is 18.2 Å². The Hall–Kier alpha value is -4.44. The first-order valence-corrected chi connectivity index (χ1v) is 10.4. The Bertz CT molecular complexity index is 1220. The van der Waals surface area contributed by atoms with Gasteiger partial charge < -0.3 is 23.7 Å². The van der Waals surface area contributed by atoms with Crippen molar-refractivity contribution in [2.45, 2.75) is 6.42 Å². The Kier molecular flexibility index (Phi) is 8.14. The summed E-state index contributed by atoms with van der Waals surface area (Å²) in [6.45, 7) is 0. The number of carbonyl (C=O) groups excluding carboxylic acids is 1. The van der Waals surface area contributed by atoms with Crippen LogP contribution in [0.5, 0.6) is 28.7 Å². The van der Waals surface area contributed by atoms with Crippen molar-refractivity contribution < 1.29 is 28.5 Å². The average molecular weight is 459 g/mol. The van der Waals surface area contributed by atoms with Crippen molar-refractivity contribution in [3.8, 4) is 34.8 Å². The molecule has 3 aromatic rings. The van der Waals surface area contributed by atoms with E-state index in [1.165, 1.54) is 0 Å². The number of esters is 1. The zero-order valence-corrected chi connectivity index (χ0v) is 19.5. The summed E-state index contributed by atoms with van der Waals surface area (Å²) in [5, 5.41) is 9.64. The molecule has 0 aromatic heterocycles. The summed E-state index contributed by atoms with van der Waals surface area (Å²) in [5.41, 5.74) is 2.69. The molecule has 174 valence electrons. The third-order valence-corrected chi connectivity index (χ3v) is 5.03. The number of hydrogen-bond donors (Lipinski definition) is 0. The van der Waals surface area contributed by atoms with Crippen LogP contribution in [0.4, 0.5) is 0 Å². The van der Waals surface area contributed by atoms with Gasteiger partial charge in [-0.05, 0) is 65.2 Å². The summed E-state index contributed by atoms with van der Waals surface area (Å²) < 4.78 is 26.5. The van der Waals surface area contributed by atoms with Gasteiger partial charge in [0.25, 0.3) is 0 Å². The Morgan fingerprint density at radius 1 is 0.794 bits per heavy atom. The fourth-order valence-corrected chi connectivity index (χ4v) is 3.31. The second-order valence-electron chi connectivity index (χ2n) is 7.15. The molecule has 0 bridgehead atoms. The van der Waals surface area contributed by atoms with Gasteiger partial charge in [-0.3, -0.25) is 4.79 Å². The van der Waals surface area contributed by atoms with Gasteiger partial charge in [0.05, 0.1) is 46.5 Å². The molecular weight excluding hydrogens is 434 g/mol. The van der Waals surface area contributed by atoms with Crippen LogP contribution in [-0.4, -0.2) is 34.4 Å². The van der Waals surface area contributed by atoms with E-state index in [1.807, 2.05) is 0 Å². The second-order valence-corrected chi connectivity index (χ2v) is 7.15. The molecule has 3 aromatic carbocycles. The van der Waals surface area contributed by atoms with Gasteiger partial charge in [0.15, 0.2) is 23.0 Å². The second kappa shape index (κ2) is 11.4. The number of nitriles is 1. The fourth-order valence-electron chi connectivity index (χ4n) is 3.31. The highest BCUT2D eigenvalue weighted by Crippen LogP contribution is 2.31. The Labute approximate surface area is 198 Å². The maximum Gasteiger partial charge on any atom is 0.315 e. The summed E-state index contributed by atoms with van der Waals surface area (Å²) in [6.07, 6.45) is 1.83. The van der Waals surface area contributed by atoms with E-state index in [9.17, 15) is 10.1 Å². The predicted octanol–water partition coefficient (Wildman–Crippen LogP) is 4.93. The summed E-state index contributed by atoms with van der Waals surface area (Å²) >= 11 is 0. The molecule has 0 atom stereocenters. The molecule has 0 aliphatic heterocycles. The van der Waals surface area contributed by atoms with E-state index in [0.29, 0.717) is 39.9 Å². The molecule has 0 unspecified atom stereocenters. The third kappa shape index (κ3) is 5.87. The molecule has 34 heavy (non-hydrogen) atoms. The van der Waals surface area contributed by atoms with Gasteiger partial charge in [0.1, 0.15) is 5.75 Å². The smallest absolute Gasteiger partial charge is 0.315 e. The molecular formula is C27H25NO6. The van der Waals surface area contributed by atoms with Crippen molar-refractivity contribution in [1.29, 1.82) is 5.26 Å². The molecule has 0 aliphatic rings. The predicted molar refractivity (Wildman–Crippen MR) is 128 cm³/mol. The minimum absolute atomic E-state index is 0.0832. The van der Waals surface area contributed by atoms with E-state index in [0.717, 1.165) is 11.1 Å². The van der Waals surface area contributed by atoms with Gasteiger partial charge >= 0.3 is 5.97 Å². The quantitative estimate of drug-likeness (QED) is 0.194. The van der Waals surface area contributed by atoms with E-state index in [2.05, 4.69) is 6.07 Å². The Balaban J connectivity index is 1.70. The lowest BCUT2D eigenvalue weighted by Crippen LogP contribution is -2.11. The van der Waals surface area contributed by atoms with Crippen LogP contribution in [0.1, 0.15) is 16.7 Å². The minimum Gasteiger partial charge on any atom is -0.493 e. The molecule has 0 aliphatic carbocycles. The molecule has 3 rings (SSSR count). The third-order valence-electron chi connectivity index (χ3n) is 5.03. The van der Waals surface area contributed by atoms with Gasteiger partial charge in [0, 0.05) is 0 Å². The van der Waals surface area contributed by atoms with E-state index in [1.54, 1.807) is 95.2 Å². The number of rotatable bonds is 9. The van der Waals surface area contributed by atoms with Crippen molar-refractivity contribution in [3.63, 3.8) is 0 Å². The molecule has 0 saturated heterocycles. The summed E-state index contributed by atoms with van der Waals surface area (Å²) in [7, 11) is 6.19. The average Bonchev–Trinajstić information content (AvgIpc) is 2.87. The lowest BCUT2D eigenvalue weighted by molar-refractivity contribution is -0.133. The molecule has 0 N–H and O–H groups in total. The number of hydrogen-bond acceptors (Lipinski definition) is 7. The molecule has 0 fully saturated rings. The van der Waals surface area contributed by atoms with Gasteiger partial charge in [-0.2, -0.15) is 5.26 Å².